The number of rotatable bonds is 7. The fraction of sp³-hybridized carbons (Fsp3) is 0.484. The summed E-state index contributed by atoms with van der Waals surface area (Å²) in [6.45, 7) is 1.06. The van der Waals surface area contributed by atoms with E-state index >= 15 is 0 Å². The van der Waals surface area contributed by atoms with Gasteiger partial charge in [-0.15, -0.1) is 11.3 Å². The van der Waals surface area contributed by atoms with Crippen LogP contribution in [0.5, 0.6) is 5.75 Å². The van der Waals surface area contributed by atoms with E-state index in [1.54, 1.807) is 35.4 Å². The molecule has 6 atom stereocenters. The van der Waals surface area contributed by atoms with E-state index in [2.05, 4.69) is 10.3 Å². The van der Waals surface area contributed by atoms with Gasteiger partial charge >= 0.3 is 7.60 Å². The highest BCUT2D eigenvalue weighted by molar-refractivity contribution is 7.51. The maximum atomic E-state index is 14.3. The molecule has 2 aromatic heterocycles. The largest absolute Gasteiger partial charge is 0.496 e. The van der Waals surface area contributed by atoms with Crippen LogP contribution in [0.1, 0.15) is 64.7 Å². The molecule has 45 heavy (non-hydrogen) atoms. The van der Waals surface area contributed by atoms with Gasteiger partial charge < -0.3 is 29.6 Å². The van der Waals surface area contributed by atoms with Crippen LogP contribution in [0.2, 0.25) is 0 Å². The molecule has 5 heterocycles. The summed E-state index contributed by atoms with van der Waals surface area (Å²) in [4.78, 5) is 67.9. The number of halogens is 1. The Morgan fingerprint density at radius 3 is 2.67 bits per heavy atom. The van der Waals surface area contributed by atoms with Gasteiger partial charge in [0.15, 0.2) is 0 Å². The average molecular weight is 657 g/mol. The first-order valence-electron chi connectivity index (χ1n) is 15.1. The van der Waals surface area contributed by atoms with Crippen LogP contribution in [-0.2, 0) is 14.2 Å². The number of nitrogens with one attached hydrogen (secondary N) is 1. The molecule has 3 amide bonds. The van der Waals surface area contributed by atoms with E-state index in [9.17, 15) is 33.1 Å². The lowest BCUT2D eigenvalue weighted by atomic mass is 9.91. The van der Waals surface area contributed by atoms with Crippen molar-refractivity contribution in [3.05, 3.63) is 58.7 Å². The first-order valence-corrected chi connectivity index (χ1v) is 17.6. The van der Waals surface area contributed by atoms with Crippen molar-refractivity contribution in [1.82, 2.24) is 20.1 Å². The molecular weight excluding hydrogens is 622 g/mol. The zero-order valence-corrected chi connectivity index (χ0v) is 26.3. The quantitative estimate of drug-likeness (QED) is 0.324. The SMILES string of the molecule is COc1ccncc1C1CN(C(=O)[C@@H]2CC[C@@H]3C[C@H]4C[C@H]4C[C@H](NC(=O)c4cc5cc(C(F)P(=O)(O)O)ccc5s4)C(=O)N32)C1. The van der Waals surface area contributed by atoms with Crippen molar-refractivity contribution in [3.8, 4) is 5.75 Å². The first-order chi connectivity index (χ1) is 21.5. The summed E-state index contributed by atoms with van der Waals surface area (Å²) in [6, 6.07) is 6.12. The molecule has 4 aliphatic rings. The first kappa shape index (κ1) is 30.3. The molecule has 11 nitrogen and oxygen atoms in total. The lowest BCUT2D eigenvalue weighted by Gasteiger charge is -2.43. The predicted molar refractivity (Wildman–Crippen MR) is 164 cm³/mol. The number of amides is 3. The Morgan fingerprint density at radius 2 is 1.91 bits per heavy atom. The summed E-state index contributed by atoms with van der Waals surface area (Å²) in [7, 11) is -3.37. The number of aromatic nitrogens is 1. The Kier molecular flexibility index (Phi) is 7.71. The van der Waals surface area contributed by atoms with Gasteiger partial charge in [0.1, 0.15) is 17.8 Å². The Balaban J connectivity index is 1.07. The molecule has 3 saturated heterocycles. The van der Waals surface area contributed by atoms with Gasteiger partial charge in [0.05, 0.1) is 12.0 Å². The number of methoxy groups -OCH3 is 1. The van der Waals surface area contributed by atoms with E-state index in [-0.39, 0.29) is 29.3 Å². The normalized spacial score (nSPS) is 27.2. The summed E-state index contributed by atoms with van der Waals surface area (Å²) >= 11 is 1.16. The van der Waals surface area contributed by atoms with E-state index in [1.807, 2.05) is 6.07 Å². The molecule has 3 aliphatic heterocycles. The Morgan fingerprint density at radius 1 is 1.13 bits per heavy atom. The molecule has 4 fully saturated rings. The number of nitrogens with zero attached hydrogens (tertiary/aromatic N) is 3. The van der Waals surface area contributed by atoms with Crippen molar-refractivity contribution in [2.45, 2.75) is 62.1 Å². The molecule has 7 rings (SSSR count). The standard InChI is InChI=1S/C31H34FN4O7PS/c1-43-25-6-7-33-13-22(25)20-14-35(15-20)31(39)24-4-3-21-10-17-9-18(17)11-23(30(38)36(21)24)34-29(37)27-12-19-8-16(2-5-26(19)45-27)28(32)44(40,41)42/h2,5-8,12-13,17-18,20-21,23-24,28H,3-4,9-11,14-15H2,1H3,(H,34,37)(H2,40,41,42)/t17-,18+,21-,23+,24+,28?/m1/s1. The minimum absolute atomic E-state index is 0.0398. The Hall–Kier alpha value is -3.38. The highest BCUT2D eigenvalue weighted by Crippen LogP contribution is 2.53. The van der Waals surface area contributed by atoms with Crippen LogP contribution in [0.15, 0.2) is 42.7 Å². The fourth-order valence-corrected chi connectivity index (χ4v) is 8.82. The molecule has 1 saturated carbocycles. The van der Waals surface area contributed by atoms with Gasteiger partial charge in [0, 0.05) is 47.7 Å². The monoisotopic (exact) mass is 656 g/mol. The average Bonchev–Trinajstić information content (AvgIpc) is 3.35. The molecule has 3 aromatic rings. The van der Waals surface area contributed by atoms with Crippen molar-refractivity contribution < 1.29 is 37.9 Å². The number of fused-ring (bicyclic) bond motifs is 3. The van der Waals surface area contributed by atoms with Gasteiger partial charge in [-0.1, -0.05) is 6.07 Å². The second-order valence-electron chi connectivity index (χ2n) is 12.6. The second-order valence-corrected chi connectivity index (χ2v) is 15.4. The third kappa shape index (κ3) is 5.64. The zero-order chi connectivity index (χ0) is 31.6. The number of ether oxygens (including phenoxy) is 1. The van der Waals surface area contributed by atoms with Crippen LogP contribution in [-0.4, -0.2) is 80.6 Å². The van der Waals surface area contributed by atoms with Crippen molar-refractivity contribution >= 4 is 46.7 Å². The molecule has 238 valence electrons. The van der Waals surface area contributed by atoms with Crippen LogP contribution in [0.4, 0.5) is 4.39 Å². The molecular formula is C31H34FN4O7PS. The molecule has 3 N–H and O–H groups in total. The predicted octanol–water partition coefficient (Wildman–Crippen LogP) is 3.96. The summed E-state index contributed by atoms with van der Waals surface area (Å²) in [6.07, 6.45) is 7.16. The van der Waals surface area contributed by atoms with Gasteiger partial charge in [-0.05, 0) is 79.2 Å². The molecule has 0 radical (unpaired) electrons. The van der Waals surface area contributed by atoms with Crippen LogP contribution < -0.4 is 10.1 Å². The lowest BCUT2D eigenvalue weighted by Crippen LogP contribution is -2.59. The summed E-state index contributed by atoms with van der Waals surface area (Å²) in [5, 5.41) is 3.42. The highest BCUT2D eigenvalue weighted by Gasteiger charge is 2.52. The molecule has 1 unspecified atom stereocenters. The van der Waals surface area contributed by atoms with Gasteiger partial charge in [-0.3, -0.25) is 23.9 Å². The van der Waals surface area contributed by atoms with Crippen molar-refractivity contribution in [2.75, 3.05) is 20.2 Å². The third-order valence-corrected chi connectivity index (χ3v) is 11.8. The third-order valence-electron chi connectivity index (χ3n) is 9.83. The maximum Gasteiger partial charge on any atom is 0.363 e. The summed E-state index contributed by atoms with van der Waals surface area (Å²) in [5.74, 6) is -1.53. The highest BCUT2D eigenvalue weighted by atomic mass is 32.1. The summed E-state index contributed by atoms with van der Waals surface area (Å²) in [5.41, 5.74) is 0.793. The van der Waals surface area contributed by atoms with E-state index in [1.165, 1.54) is 18.2 Å². The van der Waals surface area contributed by atoms with Crippen molar-refractivity contribution in [1.29, 1.82) is 0 Å². The summed E-state index contributed by atoms with van der Waals surface area (Å²) < 4.78 is 31.8. The van der Waals surface area contributed by atoms with E-state index in [0.717, 1.165) is 41.9 Å². The number of pyridine rings is 1. The minimum Gasteiger partial charge on any atom is -0.496 e. The van der Waals surface area contributed by atoms with Gasteiger partial charge in [-0.2, -0.15) is 0 Å². The number of benzene rings is 1. The number of carbonyl (C=O) groups is 3. The van der Waals surface area contributed by atoms with Crippen LogP contribution >= 0.6 is 18.9 Å². The van der Waals surface area contributed by atoms with Crippen LogP contribution in [0.3, 0.4) is 0 Å². The van der Waals surface area contributed by atoms with Crippen molar-refractivity contribution in [3.63, 3.8) is 0 Å². The van der Waals surface area contributed by atoms with Crippen LogP contribution in [0.25, 0.3) is 10.1 Å². The second kappa shape index (κ2) is 11.5. The smallest absolute Gasteiger partial charge is 0.363 e. The minimum atomic E-state index is -4.98. The number of hydrogen-bond donors (Lipinski definition) is 3. The number of carbonyl (C=O) groups excluding carboxylic acids is 3. The number of likely N-dealkylation sites (tertiary alicyclic amines) is 1. The fourth-order valence-electron chi connectivity index (χ4n) is 7.33. The maximum absolute atomic E-state index is 14.3. The number of thiophene rings is 1. The van der Waals surface area contributed by atoms with E-state index in [0.29, 0.717) is 52.7 Å². The topological polar surface area (TPSA) is 149 Å². The van der Waals surface area contributed by atoms with E-state index in [4.69, 9.17) is 4.74 Å². The Bertz CT molecular complexity index is 1720. The molecule has 1 aliphatic carbocycles. The van der Waals surface area contributed by atoms with Gasteiger partial charge in [0.2, 0.25) is 17.7 Å². The molecule has 14 heteroatoms. The number of hydrogen-bond acceptors (Lipinski definition) is 7. The van der Waals surface area contributed by atoms with Crippen molar-refractivity contribution in [2.24, 2.45) is 11.8 Å². The number of alkyl halides is 1. The van der Waals surface area contributed by atoms with E-state index < -0.39 is 31.5 Å². The molecule has 0 bridgehead atoms. The lowest BCUT2D eigenvalue weighted by molar-refractivity contribution is -0.149. The van der Waals surface area contributed by atoms with Gasteiger partial charge in [-0.25, -0.2) is 4.39 Å². The van der Waals surface area contributed by atoms with Gasteiger partial charge in [0.25, 0.3) is 5.91 Å². The zero-order valence-electron chi connectivity index (χ0n) is 24.5. The van der Waals surface area contributed by atoms with Crippen LogP contribution in [0, 0.1) is 11.8 Å². The molecule has 0 spiro atoms. The molecule has 1 aromatic carbocycles. The Labute approximate surface area is 262 Å².